The summed E-state index contributed by atoms with van der Waals surface area (Å²) in [5.41, 5.74) is 4.22. The predicted molar refractivity (Wildman–Crippen MR) is 61.5 cm³/mol. The van der Waals surface area contributed by atoms with Crippen LogP contribution in [0.5, 0.6) is 0 Å². The van der Waals surface area contributed by atoms with E-state index in [0.29, 0.717) is 19.5 Å². The van der Waals surface area contributed by atoms with Crippen LogP contribution < -0.4 is 11.1 Å². The quantitative estimate of drug-likeness (QED) is 0.411. The lowest BCUT2D eigenvalue weighted by molar-refractivity contribution is -0.116. The summed E-state index contributed by atoms with van der Waals surface area (Å²) in [6, 6.07) is 0. The third-order valence-electron chi connectivity index (χ3n) is 2.61. The first-order valence-electron chi connectivity index (χ1n) is 5.38. The predicted octanol–water partition coefficient (Wildman–Crippen LogP) is -1.06. The molecule has 0 spiro atoms. The molecule has 0 aromatic carbocycles. The van der Waals surface area contributed by atoms with Gasteiger partial charge in [-0.25, -0.2) is 0 Å². The third-order valence-corrected chi connectivity index (χ3v) is 2.61. The average Bonchev–Trinajstić information content (AvgIpc) is 2.16. The van der Waals surface area contributed by atoms with E-state index in [1.807, 2.05) is 25.9 Å². The van der Waals surface area contributed by atoms with E-state index in [-0.39, 0.29) is 6.17 Å². The fourth-order valence-electron chi connectivity index (χ4n) is 1.73. The Labute approximate surface area is 92.3 Å². The molecule has 15 heavy (non-hydrogen) atoms. The first-order valence-corrected chi connectivity index (χ1v) is 5.38. The molecule has 3 atom stereocenters. The Bertz CT molecular complexity index is 174. The van der Waals surface area contributed by atoms with Gasteiger partial charge < -0.3 is 15.9 Å². The van der Waals surface area contributed by atoms with Crippen molar-refractivity contribution in [1.82, 2.24) is 10.2 Å². The second-order valence-electron chi connectivity index (χ2n) is 4.26. The van der Waals surface area contributed by atoms with Gasteiger partial charge in [-0.2, -0.15) is 0 Å². The Morgan fingerprint density at radius 3 is 2.33 bits per heavy atom. The Balaban J connectivity index is 4.57. The van der Waals surface area contributed by atoms with Gasteiger partial charge in [0.15, 0.2) is 0 Å². The first kappa shape index (κ1) is 14.8. The number of nitrogens with two attached hydrogens (primary N) is 1. The van der Waals surface area contributed by atoms with Crippen LogP contribution in [-0.2, 0) is 0 Å². The molecule has 5 nitrogen and oxygen atoms in total. The molecule has 5 N–H and O–H groups in total. The molecule has 92 valence electrons. The fraction of sp³-hybridized carbons (Fsp3) is 1.00. The Morgan fingerprint density at radius 2 is 2.00 bits per heavy atom. The average molecular weight is 219 g/mol. The van der Waals surface area contributed by atoms with E-state index >= 15 is 0 Å². The molecule has 0 heterocycles. The standard InChI is InChI=1S/C10H25N3O2/c1-5-8(14)10(2,15)9(13(3)4)12-7-6-11/h8-9,12,14-15H,5-7,11H2,1-4H3. The number of rotatable bonds is 7. The Kier molecular flexibility index (Phi) is 6.31. The van der Waals surface area contributed by atoms with E-state index in [4.69, 9.17) is 5.73 Å². The SMILES string of the molecule is CCC(O)C(C)(O)C(NCCN)N(C)C. The Morgan fingerprint density at radius 1 is 1.47 bits per heavy atom. The lowest BCUT2D eigenvalue weighted by Gasteiger charge is -2.40. The van der Waals surface area contributed by atoms with Gasteiger partial charge in [0.2, 0.25) is 0 Å². The zero-order chi connectivity index (χ0) is 12.1. The largest absolute Gasteiger partial charge is 0.390 e. The van der Waals surface area contributed by atoms with Gasteiger partial charge in [0.05, 0.1) is 12.3 Å². The molecule has 0 aromatic rings. The number of hydrogen-bond acceptors (Lipinski definition) is 5. The maximum absolute atomic E-state index is 10.2. The molecular weight excluding hydrogens is 194 g/mol. The molecule has 0 aromatic heterocycles. The molecule has 0 saturated heterocycles. The molecule has 0 bridgehead atoms. The third kappa shape index (κ3) is 4.04. The number of aliphatic hydroxyl groups excluding tert-OH is 1. The van der Waals surface area contributed by atoms with Gasteiger partial charge in [-0.05, 0) is 27.4 Å². The first-order chi connectivity index (χ1) is 6.87. The molecule has 5 heteroatoms. The normalized spacial score (nSPS) is 20.0. The van der Waals surface area contributed by atoms with Crippen LogP contribution >= 0.6 is 0 Å². The van der Waals surface area contributed by atoms with Gasteiger partial charge in [-0.15, -0.1) is 0 Å². The van der Waals surface area contributed by atoms with Crippen LogP contribution in [0.4, 0.5) is 0 Å². The summed E-state index contributed by atoms with van der Waals surface area (Å²) in [5, 5.41) is 23.1. The van der Waals surface area contributed by atoms with Gasteiger partial charge in [-0.3, -0.25) is 10.2 Å². The number of nitrogens with one attached hydrogen (secondary N) is 1. The summed E-state index contributed by atoms with van der Waals surface area (Å²) in [6.45, 7) is 4.59. The molecular formula is C10H25N3O2. The monoisotopic (exact) mass is 219 g/mol. The van der Waals surface area contributed by atoms with Crippen LogP contribution in [0.15, 0.2) is 0 Å². The van der Waals surface area contributed by atoms with E-state index < -0.39 is 11.7 Å². The highest BCUT2D eigenvalue weighted by molar-refractivity contribution is 4.91. The van der Waals surface area contributed by atoms with Crippen LogP contribution in [0.3, 0.4) is 0 Å². The second kappa shape index (κ2) is 6.40. The maximum atomic E-state index is 10.2. The molecule has 0 rings (SSSR count). The van der Waals surface area contributed by atoms with Crippen molar-refractivity contribution in [2.24, 2.45) is 5.73 Å². The molecule has 0 radical (unpaired) electrons. The summed E-state index contributed by atoms with van der Waals surface area (Å²) in [6.07, 6.45) is -0.548. The van der Waals surface area contributed by atoms with Gasteiger partial charge in [-0.1, -0.05) is 6.92 Å². The zero-order valence-corrected chi connectivity index (χ0v) is 10.2. The van der Waals surface area contributed by atoms with Crippen LogP contribution in [0.25, 0.3) is 0 Å². The summed E-state index contributed by atoms with van der Waals surface area (Å²) in [5.74, 6) is 0. The summed E-state index contributed by atoms with van der Waals surface area (Å²) in [7, 11) is 3.70. The van der Waals surface area contributed by atoms with Crippen molar-refractivity contribution in [3.05, 3.63) is 0 Å². The molecule has 0 saturated carbocycles. The van der Waals surface area contributed by atoms with Crippen molar-refractivity contribution in [2.75, 3.05) is 27.2 Å². The summed E-state index contributed by atoms with van der Waals surface area (Å²) >= 11 is 0. The summed E-state index contributed by atoms with van der Waals surface area (Å²) in [4.78, 5) is 1.84. The highest BCUT2D eigenvalue weighted by Crippen LogP contribution is 2.19. The number of aliphatic hydroxyl groups is 2. The smallest absolute Gasteiger partial charge is 0.116 e. The molecule has 0 aliphatic rings. The fourth-order valence-corrected chi connectivity index (χ4v) is 1.73. The topological polar surface area (TPSA) is 81.8 Å². The maximum Gasteiger partial charge on any atom is 0.116 e. The van der Waals surface area contributed by atoms with Crippen molar-refractivity contribution >= 4 is 0 Å². The lowest BCUT2D eigenvalue weighted by Crippen LogP contribution is -2.62. The van der Waals surface area contributed by atoms with E-state index in [1.165, 1.54) is 0 Å². The van der Waals surface area contributed by atoms with Crippen molar-refractivity contribution in [3.8, 4) is 0 Å². The summed E-state index contributed by atoms with van der Waals surface area (Å²) < 4.78 is 0. The van der Waals surface area contributed by atoms with Crippen LogP contribution in [0.1, 0.15) is 20.3 Å². The van der Waals surface area contributed by atoms with Crippen LogP contribution in [-0.4, -0.2) is 60.2 Å². The van der Waals surface area contributed by atoms with Crippen molar-refractivity contribution in [1.29, 1.82) is 0 Å². The minimum Gasteiger partial charge on any atom is -0.390 e. The molecule has 0 aliphatic heterocycles. The number of nitrogens with zero attached hydrogens (tertiary/aromatic N) is 1. The van der Waals surface area contributed by atoms with Crippen LogP contribution in [0, 0.1) is 0 Å². The zero-order valence-electron chi connectivity index (χ0n) is 10.2. The van der Waals surface area contributed by atoms with E-state index in [1.54, 1.807) is 6.92 Å². The lowest BCUT2D eigenvalue weighted by atomic mass is 9.92. The number of hydrogen-bond donors (Lipinski definition) is 4. The highest BCUT2D eigenvalue weighted by Gasteiger charge is 2.38. The molecule has 3 unspecified atom stereocenters. The minimum atomic E-state index is -1.19. The number of likely N-dealkylation sites (N-methyl/N-ethyl adjacent to an activating group) is 1. The van der Waals surface area contributed by atoms with Crippen molar-refractivity contribution in [3.63, 3.8) is 0 Å². The van der Waals surface area contributed by atoms with Crippen molar-refractivity contribution < 1.29 is 10.2 Å². The van der Waals surface area contributed by atoms with Gasteiger partial charge in [0, 0.05) is 13.1 Å². The van der Waals surface area contributed by atoms with Crippen LogP contribution in [0.2, 0.25) is 0 Å². The van der Waals surface area contributed by atoms with Crippen molar-refractivity contribution in [2.45, 2.75) is 38.1 Å². The van der Waals surface area contributed by atoms with E-state index in [0.717, 1.165) is 0 Å². The van der Waals surface area contributed by atoms with E-state index in [9.17, 15) is 10.2 Å². The molecule has 0 amide bonds. The highest BCUT2D eigenvalue weighted by atomic mass is 16.3. The van der Waals surface area contributed by atoms with Gasteiger partial charge in [0.1, 0.15) is 5.60 Å². The van der Waals surface area contributed by atoms with E-state index in [2.05, 4.69) is 5.32 Å². The Hall–Kier alpha value is -0.200. The molecule has 0 fully saturated rings. The molecule has 0 aliphatic carbocycles. The second-order valence-corrected chi connectivity index (χ2v) is 4.26. The van der Waals surface area contributed by atoms with Gasteiger partial charge in [0.25, 0.3) is 0 Å². The minimum absolute atomic E-state index is 0.309. The van der Waals surface area contributed by atoms with Gasteiger partial charge >= 0.3 is 0 Å².